The molecule has 0 heterocycles. The smallest absolute Gasteiger partial charge is 0.244 e. The second kappa shape index (κ2) is 7.87. The Kier molecular flexibility index (Phi) is 6.37. The SMILES string of the molecule is COCCCNC(=O)/C=C/c1ccccc1Cl. The van der Waals surface area contributed by atoms with Crippen LogP contribution in [0.4, 0.5) is 0 Å². The van der Waals surface area contributed by atoms with E-state index in [1.807, 2.05) is 18.2 Å². The highest BCUT2D eigenvalue weighted by Gasteiger charge is 1.96. The van der Waals surface area contributed by atoms with E-state index < -0.39 is 0 Å². The summed E-state index contributed by atoms with van der Waals surface area (Å²) in [6.45, 7) is 1.26. The van der Waals surface area contributed by atoms with Gasteiger partial charge in [-0.25, -0.2) is 0 Å². The summed E-state index contributed by atoms with van der Waals surface area (Å²) >= 11 is 5.95. The summed E-state index contributed by atoms with van der Waals surface area (Å²) in [5.74, 6) is -0.124. The van der Waals surface area contributed by atoms with Gasteiger partial charge in [0.1, 0.15) is 0 Å². The Hall–Kier alpha value is -1.32. The largest absolute Gasteiger partial charge is 0.385 e. The minimum atomic E-state index is -0.124. The van der Waals surface area contributed by atoms with E-state index >= 15 is 0 Å². The van der Waals surface area contributed by atoms with Crippen LogP contribution in [0.5, 0.6) is 0 Å². The summed E-state index contributed by atoms with van der Waals surface area (Å²) in [6.07, 6.45) is 3.99. The van der Waals surface area contributed by atoms with Crippen molar-refractivity contribution >= 4 is 23.6 Å². The van der Waals surface area contributed by atoms with Crippen molar-refractivity contribution in [3.8, 4) is 0 Å². The number of hydrogen-bond donors (Lipinski definition) is 1. The molecule has 1 N–H and O–H groups in total. The van der Waals surface area contributed by atoms with Crippen LogP contribution in [0.2, 0.25) is 5.02 Å². The molecule has 0 aromatic heterocycles. The lowest BCUT2D eigenvalue weighted by molar-refractivity contribution is -0.116. The molecule has 0 aliphatic rings. The molecule has 3 nitrogen and oxygen atoms in total. The van der Waals surface area contributed by atoms with Crippen LogP contribution < -0.4 is 5.32 Å². The van der Waals surface area contributed by atoms with Gasteiger partial charge in [0.15, 0.2) is 0 Å². The summed E-state index contributed by atoms with van der Waals surface area (Å²) in [5.41, 5.74) is 0.834. The van der Waals surface area contributed by atoms with Crippen molar-refractivity contribution in [1.29, 1.82) is 0 Å². The molecule has 4 heteroatoms. The van der Waals surface area contributed by atoms with E-state index in [1.54, 1.807) is 19.3 Å². The van der Waals surface area contributed by atoms with Gasteiger partial charge in [-0.15, -0.1) is 0 Å². The molecule has 1 amide bonds. The minimum Gasteiger partial charge on any atom is -0.385 e. The molecule has 0 unspecified atom stereocenters. The Morgan fingerprint density at radius 3 is 2.94 bits per heavy atom. The van der Waals surface area contributed by atoms with Gasteiger partial charge in [-0.05, 0) is 24.1 Å². The number of nitrogens with one attached hydrogen (secondary N) is 1. The van der Waals surface area contributed by atoms with Crippen molar-refractivity contribution in [1.82, 2.24) is 5.32 Å². The summed E-state index contributed by atoms with van der Waals surface area (Å²) < 4.78 is 4.88. The van der Waals surface area contributed by atoms with Crippen LogP contribution in [0, 0.1) is 0 Å². The summed E-state index contributed by atoms with van der Waals surface area (Å²) in [7, 11) is 1.64. The third kappa shape index (κ3) is 5.52. The predicted molar refractivity (Wildman–Crippen MR) is 70.0 cm³/mol. The van der Waals surface area contributed by atoms with E-state index in [2.05, 4.69) is 5.32 Å². The second-order valence-electron chi connectivity index (χ2n) is 3.49. The monoisotopic (exact) mass is 253 g/mol. The molecule has 0 radical (unpaired) electrons. The van der Waals surface area contributed by atoms with Crippen LogP contribution in [0.1, 0.15) is 12.0 Å². The Morgan fingerprint density at radius 1 is 1.47 bits per heavy atom. The van der Waals surface area contributed by atoms with E-state index in [0.717, 1.165) is 12.0 Å². The molecule has 0 bridgehead atoms. The van der Waals surface area contributed by atoms with Crippen molar-refractivity contribution in [3.05, 3.63) is 40.9 Å². The third-order valence-corrected chi connectivity index (χ3v) is 2.49. The fraction of sp³-hybridized carbons (Fsp3) is 0.308. The average molecular weight is 254 g/mol. The van der Waals surface area contributed by atoms with E-state index in [-0.39, 0.29) is 5.91 Å². The molecule has 0 atom stereocenters. The zero-order valence-corrected chi connectivity index (χ0v) is 10.5. The van der Waals surface area contributed by atoms with Gasteiger partial charge in [0.2, 0.25) is 5.91 Å². The van der Waals surface area contributed by atoms with Gasteiger partial charge in [-0.2, -0.15) is 0 Å². The first kappa shape index (κ1) is 13.7. The molecule has 0 saturated carbocycles. The zero-order chi connectivity index (χ0) is 12.5. The van der Waals surface area contributed by atoms with Crippen molar-refractivity contribution < 1.29 is 9.53 Å². The molecule has 17 heavy (non-hydrogen) atoms. The highest BCUT2D eigenvalue weighted by Crippen LogP contribution is 2.15. The maximum absolute atomic E-state index is 11.4. The zero-order valence-electron chi connectivity index (χ0n) is 9.78. The first-order chi connectivity index (χ1) is 8.24. The lowest BCUT2D eigenvalue weighted by Crippen LogP contribution is -2.22. The summed E-state index contributed by atoms with van der Waals surface area (Å²) in [6, 6.07) is 7.38. The number of hydrogen-bond acceptors (Lipinski definition) is 2. The Bertz CT molecular complexity index is 391. The fourth-order valence-corrected chi connectivity index (χ4v) is 1.46. The van der Waals surface area contributed by atoms with Gasteiger partial charge >= 0.3 is 0 Å². The van der Waals surface area contributed by atoms with E-state index in [9.17, 15) is 4.79 Å². The van der Waals surface area contributed by atoms with Crippen molar-refractivity contribution in [2.75, 3.05) is 20.3 Å². The van der Waals surface area contributed by atoms with Gasteiger partial charge in [0.05, 0.1) is 0 Å². The van der Waals surface area contributed by atoms with Gasteiger partial charge < -0.3 is 10.1 Å². The van der Waals surface area contributed by atoms with Gasteiger partial charge in [0.25, 0.3) is 0 Å². The van der Waals surface area contributed by atoms with Crippen LogP contribution >= 0.6 is 11.6 Å². The molecule has 0 spiro atoms. The van der Waals surface area contributed by atoms with Crippen LogP contribution in [-0.2, 0) is 9.53 Å². The van der Waals surface area contributed by atoms with Crippen LogP contribution in [-0.4, -0.2) is 26.2 Å². The maximum atomic E-state index is 11.4. The normalized spacial score (nSPS) is 10.7. The molecule has 0 fully saturated rings. The predicted octanol–water partition coefficient (Wildman–Crippen LogP) is 2.51. The molecule has 1 rings (SSSR count). The second-order valence-corrected chi connectivity index (χ2v) is 3.90. The lowest BCUT2D eigenvalue weighted by Gasteiger charge is -2.01. The molecule has 0 saturated heterocycles. The average Bonchev–Trinajstić information content (AvgIpc) is 2.34. The van der Waals surface area contributed by atoms with Crippen molar-refractivity contribution in [2.24, 2.45) is 0 Å². The first-order valence-corrected chi connectivity index (χ1v) is 5.81. The van der Waals surface area contributed by atoms with Gasteiger partial charge in [0, 0.05) is 31.4 Å². The van der Waals surface area contributed by atoms with Gasteiger partial charge in [-0.3, -0.25) is 4.79 Å². The fourth-order valence-electron chi connectivity index (χ4n) is 1.26. The number of carbonyl (C=O) groups excluding carboxylic acids is 1. The van der Waals surface area contributed by atoms with Crippen molar-refractivity contribution in [3.63, 3.8) is 0 Å². The first-order valence-electron chi connectivity index (χ1n) is 5.43. The number of ether oxygens (including phenoxy) is 1. The van der Waals surface area contributed by atoms with Crippen LogP contribution in [0.3, 0.4) is 0 Å². The standard InChI is InChI=1S/C13H16ClNO2/c1-17-10-4-9-15-13(16)8-7-11-5-2-3-6-12(11)14/h2-3,5-8H,4,9-10H2,1H3,(H,15,16)/b8-7+. The number of carbonyl (C=O) groups is 1. The van der Waals surface area contributed by atoms with Crippen LogP contribution in [0.25, 0.3) is 6.08 Å². The number of benzene rings is 1. The minimum absolute atomic E-state index is 0.124. The van der Waals surface area contributed by atoms with E-state index in [0.29, 0.717) is 18.2 Å². The summed E-state index contributed by atoms with van der Waals surface area (Å²) in [5, 5.41) is 3.39. The van der Waals surface area contributed by atoms with E-state index in [4.69, 9.17) is 16.3 Å². The van der Waals surface area contributed by atoms with E-state index in [1.165, 1.54) is 6.08 Å². The van der Waals surface area contributed by atoms with Crippen molar-refractivity contribution in [2.45, 2.75) is 6.42 Å². The van der Waals surface area contributed by atoms with Gasteiger partial charge in [-0.1, -0.05) is 29.8 Å². The highest BCUT2D eigenvalue weighted by atomic mass is 35.5. The molecular formula is C13H16ClNO2. The third-order valence-electron chi connectivity index (χ3n) is 2.14. The Labute approximate surface area is 106 Å². The molecule has 0 aliphatic carbocycles. The van der Waals surface area contributed by atoms with Crippen LogP contribution in [0.15, 0.2) is 30.3 Å². The number of amides is 1. The maximum Gasteiger partial charge on any atom is 0.244 e. The number of halogens is 1. The quantitative estimate of drug-likeness (QED) is 0.625. The Balaban J connectivity index is 2.38. The topological polar surface area (TPSA) is 38.3 Å². The molecule has 1 aromatic carbocycles. The molecular weight excluding hydrogens is 238 g/mol. The summed E-state index contributed by atoms with van der Waals surface area (Å²) in [4.78, 5) is 11.4. The number of rotatable bonds is 6. The Morgan fingerprint density at radius 2 is 2.24 bits per heavy atom. The molecule has 1 aromatic rings. The number of methoxy groups -OCH3 is 1. The lowest BCUT2D eigenvalue weighted by atomic mass is 10.2. The molecule has 0 aliphatic heterocycles. The highest BCUT2D eigenvalue weighted by molar-refractivity contribution is 6.32. The molecule has 92 valence electrons.